The zero-order chi connectivity index (χ0) is 31.7. The molecule has 11 heteroatoms. The van der Waals surface area contributed by atoms with Gasteiger partial charge >= 0.3 is 0 Å². The van der Waals surface area contributed by atoms with E-state index in [2.05, 4.69) is 13.8 Å². The molecule has 0 fully saturated rings. The Morgan fingerprint density at radius 3 is 0.545 bits per heavy atom. The van der Waals surface area contributed by atoms with Crippen LogP contribution in [-0.2, 0) is 52.1 Å². The summed E-state index contributed by atoms with van der Waals surface area (Å²) in [5.41, 5.74) is 0. The van der Waals surface area contributed by atoms with Crippen LogP contribution in [0.15, 0.2) is 0 Å². The second-order valence-corrected chi connectivity index (χ2v) is 10.2. The molecule has 0 unspecified atom stereocenters. The Hall–Kier alpha value is -0.440. The van der Waals surface area contributed by atoms with Gasteiger partial charge in [0.1, 0.15) is 0 Å². The van der Waals surface area contributed by atoms with Crippen molar-refractivity contribution in [1.82, 2.24) is 0 Å². The highest BCUT2D eigenvalue weighted by atomic mass is 16.6. The van der Waals surface area contributed by atoms with Gasteiger partial charge in [0, 0.05) is 13.2 Å². The van der Waals surface area contributed by atoms with Crippen LogP contribution in [0.3, 0.4) is 0 Å². The molecule has 0 aliphatic rings. The molecule has 0 aliphatic heterocycles. The molecule has 0 saturated heterocycles. The Bertz CT molecular complexity index is 447. The Morgan fingerprint density at radius 1 is 0.182 bits per heavy atom. The maximum Gasteiger partial charge on any atom is 0.0701 e. The van der Waals surface area contributed by atoms with Crippen LogP contribution in [0.25, 0.3) is 0 Å². The van der Waals surface area contributed by atoms with E-state index in [9.17, 15) is 0 Å². The zero-order valence-electron chi connectivity index (χ0n) is 28.4. The molecule has 0 N–H and O–H groups in total. The summed E-state index contributed by atoms with van der Waals surface area (Å²) in [6.45, 7) is 17.3. The minimum Gasteiger partial charge on any atom is -0.379 e. The highest BCUT2D eigenvalue weighted by Crippen LogP contribution is 2.02. The first-order valence-corrected chi connectivity index (χ1v) is 17.3. The molecule has 0 amide bonds. The Balaban J connectivity index is 3.03. The summed E-state index contributed by atoms with van der Waals surface area (Å²) in [5.74, 6) is 0. The molecule has 0 aliphatic carbocycles. The van der Waals surface area contributed by atoms with Crippen LogP contribution < -0.4 is 0 Å². The second-order valence-electron chi connectivity index (χ2n) is 10.2. The predicted molar refractivity (Wildman–Crippen MR) is 172 cm³/mol. The summed E-state index contributed by atoms with van der Waals surface area (Å²) < 4.78 is 60.5. The molecule has 0 atom stereocenters. The average molecular weight is 641 g/mol. The molecule has 0 heterocycles. The van der Waals surface area contributed by atoms with Crippen molar-refractivity contribution in [2.24, 2.45) is 0 Å². The van der Waals surface area contributed by atoms with Crippen molar-refractivity contribution < 1.29 is 52.1 Å². The normalized spacial score (nSPS) is 11.6. The summed E-state index contributed by atoms with van der Waals surface area (Å²) in [4.78, 5) is 0. The van der Waals surface area contributed by atoms with Gasteiger partial charge in [0.15, 0.2) is 0 Å². The van der Waals surface area contributed by atoms with Gasteiger partial charge in [0.05, 0.1) is 132 Å². The molecule has 0 rings (SSSR count). The smallest absolute Gasteiger partial charge is 0.0701 e. The minimum absolute atomic E-state index is 0.528. The van der Waals surface area contributed by atoms with E-state index in [0.717, 1.165) is 26.1 Å². The fourth-order valence-electron chi connectivity index (χ4n) is 3.74. The summed E-state index contributed by atoms with van der Waals surface area (Å²) in [5, 5.41) is 0. The molecule has 0 saturated carbocycles. The highest BCUT2D eigenvalue weighted by molar-refractivity contribution is 4.43. The molecule has 0 aromatic heterocycles. The first kappa shape index (κ1) is 43.6. The minimum atomic E-state index is 0.528. The SMILES string of the molecule is CCCCCCCOCCOCCOCCOCCOCCOCCOCCOCCOCCOCCOCCCCCC. The van der Waals surface area contributed by atoms with E-state index in [0.29, 0.717) is 132 Å². The lowest BCUT2D eigenvalue weighted by Gasteiger charge is -2.09. The third-order valence-corrected chi connectivity index (χ3v) is 6.25. The topological polar surface area (TPSA) is 102 Å². The number of ether oxygens (including phenoxy) is 11. The molecule has 11 nitrogen and oxygen atoms in total. The maximum atomic E-state index is 5.56. The van der Waals surface area contributed by atoms with Crippen LogP contribution in [-0.4, -0.2) is 145 Å². The second kappa shape index (κ2) is 42.6. The van der Waals surface area contributed by atoms with Crippen LogP contribution in [0.4, 0.5) is 0 Å². The number of rotatable bonds is 41. The van der Waals surface area contributed by atoms with Crippen LogP contribution in [0, 0.1) is 0 Å². The number of hydrogen-bond donors (Lipinski definition) is 0. The molecule has 44 heavy (non-hydrogen) atoms. The average Bonchev–Trinajstić information content (AvgIpc) is 3.04. The van der Waals surface area contributed by atoms with Crippen molar-refractivity contribution >= 4 is 0 Å². The molecule has 0 radical (unpaired) electrons. The summed E-state index contributed by atoms with van der Waals surface area (Å²) in [6.07, 6.45) is 11.2. The van der Waals surface area contributed by atoms with E-state index in [-0.39, 0.29) is 0 Å². The van der Waals surface area contributed by atoms with Crippen LogP contribution in [0.2, 0.25) is 0 Å². The molecule has 266 valence electrons. The van der Waals surface area contributed by atoms with Gasteiger partial charge in [-0.15, -0.1) is 0 Å². The van der Waals surface area contributed by atoms with Gasteiger partial charge < -0.3 is 52.1 Å². The number of hydrogen-bond acceptors (Lipinski definition) is 11. The van der Waals surface area contributed by atoms with Gasteiger partial charge in [-0.05, 0) is 12.8 Å². The largest absolute Gasteiger partial charge is 0.379 e. The van der Waals surface area contributed by atoms with E-state index in [1.165, 1.54) is 44.9 Å². The van der Waals surface area contributed by atoms with Gasteiger partial charge in [0.2, 0.25) is 0 Å². The van der Waals surface area contributed by atoms with Gasteiger partial charge in [-0.2, -0.15) is 0 Å². The number of unbranched alkanes of at least 4 members (excludes halogenated alkanes) is 7. The summed E-state index contributed by atoms with van der Waals surface area (Å²) >= 11 is 0. The summed E-state index contributed by atoms with van der Waals surface area (Å²) in [7, 11) is 0. The highest BCUT2D eigenvalue weighted by Gasteiger charge is 1.97. The Morgan fingerprint density at radius 2 is 0.341 bits per heavy atom. The third kappa shape index (κ3) is 41.6. The van der Waals surface area contributed by atoms with E-state index < -0.39 is 0 Å². The van der Waals surface area contributed by atoms with E-state index in [4.69, 9.17) is 52.1 Å². The quantitative estimate of drug-likeness (QED) is 0.0868. The molecule has 0 bridgehead atoms. The lowest BCUT2D eigenvalue weighted by molar-refractivity contribution is -0.0275. The maximum absolute atomic E-state index is 5.56. The van der Waals surface area contributed by atoms with Crippen molar-refractivity contribution in [1.29, 1.82) is 0 Å². The predicted octanol–water partition coefficient (Wildman–Crippen LogP) is 4.72. The summed E-state index contributed by atoms with van der Waals surface area (Å²) in [6, 6.07) is 0. The first-order valence-electron chi connectivity index (χ1n) is 17.3. The Labute approximate surface area is 269 Å². The standard InChI is InChI=1S/C33H68O11/c1-3-5-7-9-11-13-35-15-17-37-19-21-39-23-25-41-27-29-43-31-33-44-32-30-42-28-26-40-24-22-38-20-18-36-16-14-34-12-10-8-6-4-2/h3-33H2,1-2H3. The van der Waals surface area contributed by atoms with Crippen LogP contribution in [0.5, 0.6) is 0 Å². The van der Waals surface area contributed by atoms with Gasteiger partial charge in [-0.25, -0.2) is 0 Å². The van der Waals surface area contributed by atoms with E-state index in [1.807, 2.05) is 0 Å². The first-order chi connectivity index (χ1) is 21.9. The lowest BCUT2D eigenvalue weighted by Crippen LogP contribution is -2.15. The van der Waals surface area contributed by atoms with E-state index in [1.54, 1.807) is 0 Å². The molecule has 0 aromatic carbocycles. The fourth-order valence-corrected chi connectivity index (χ4v) is 3.74. The van der Waals surface area contributed by atoms with Crippen molar-refractivity contribution in [3.8, 4) is 0 Å². The monoisotopic (exact) mass is 640 g/mol. The van der Waals surface area contributed by atoms with Crippen molar-refractivity contribution in [3.63, 3.8) is 0 Å². The zero-order valence-corrected chi connectivity index (χ0v) is 28.4. The van der Waals surface area contributed by atoms with Crippen molar-refractivity contribution in [2.45, 2.75) is 71.6 Å². The molecule has 0 spiro atoms. The van der Waals surface area contributed by atoms with Crippen molar-refractivity contribution in [3.05, 3.63) is 0 Å². The van der Waals surface area contributed by atoms with Crippen LogP contribution >= 0.6 is 0 Å². The fraction of sp³-hybridized carbons (Fsp3) is 1.00. The lowest BCUT2D eigenvalue weighted by atomic mass is 10.2. The molecule has 0 aromatic rings. The Kier molecular flexibility index (Phi) is 42.1. The molecular weight excluding hydrogens is 572 g/mol. The van der Waals surface area contributed by atoms with Crippen LogP contribution in [0.1, 0.15) is 71.6 Å². The molecular formula is C33H68O11. The van der Waals surface area contributed by atoms with Crippen molar-refractivity contribution in [2.75, 3.05) is 145 Å². The third-order valence-electron chi connectivity index (χ3n) is 6.25. The van der Waals surface area contributed by atoms with E-state index >= 15 is 0 Å². The van der Waals surface area contributed by atoms with Gasteiger partial charge in [-0.3, -0.25) is 0 Å². The van der Waals surface area contributed by atoms with Gasteiger partial charge in [0.25, 0.3) is 0 Å². The van der Waals surface area contributed by atoms with Gasteiger partial charge in [-0.1, -0.05) is 58.8 Å².